The normalized spacial score (nSPS) is 12.5. The molecule has 0 saturated carbocycles. The highest BCUT2D eigenvalue weighted by Crippen LogP contribution is 2.23. The standard InChI is InChI=1S/C16H17BrFN5/c1-10(9-18)7-15-20-16(14-5-6-19-21-14)22-23(15)12-3-4-13(17)11(2)8-12/h3-6,8,10H,7,9H2,1-2H3,(H,19,21). The first-order chi connectivity index (χ1) is 11.1. The highest BCUT2D eigenvalue weighted by Gasteiger charge is 2.16. The van der Waals surface area contributed by atoms with Gasteiger partial charge in [-0.25, -0.2) is 9.67 Å². The van der Waals surface area contributed by atoms with Gasteiger partial charge >= 0.3 is 0 Å². The minimum absolute atomic E-state index is 0.107. The maximum atomic E-state index is 12.9. The van der Waals surface area contributed by atoms with Gasteiger partial charge in [0.1, 0.15) is 11.5 Å². The Balaban J connectivity index is 2.07. The Morgan fingerprint density at radius 2 is 2.17 bits per heavy atom. The first-order valence-electron chi connectivity index (χ1n) is 7.36. The van der Waals surface area contributed by atoms with E-state index in [1.807, 2.05) is 38.1 Å². The van der Waals surface area contributed by atoms with Crippen molar-refractivity contribution < 1.29 is 4.39 Å². The molecule has 0 bridgehead atoms. The third kappa shape index (κ3) is 3.34. The third-order valence-electron chi connectivity index (χ3n) is 3.60. The summed E-state index contributed by atoms with van der Waals surface area (Å²) in [6, 6.07) is 7.78. The van der Waals surface area contributed by atoms with Crippen LogP contribution in [0.1, 0.15) is 18.3 Å². The lowest BCUT2D eigenvalue weighted by Crippen LogP contribution is -2.09. The molecule has 3 aromatic rings. The van der Waals surface area contributed by atoms with Gasteiger partial charge in [-0.05, 0) is 42.7 Å². The van der Waals surface area contributed by atoms with Crippen molar-refractivity contribution >= 4 is 15.9 Å². The van der Waals surface area contributed by atoms with Crippen LogP contribution >= 0.6 is 15.9 Å². The van der Waals surface area contributed by atoms with E-state index in [2.05, 4.69) is 36.2 Å². The summed E-state index contributed by atoms with van der Waals surface area (Å²) in [5.41, 5.74) is 2.75. The zero-order valence-electron chi connectivity index (χ0n) is 12.9. The van der Waals surface area contributed by atoms with E-state index in [0.29, 0.717) is 12.2 Å². The lowest BCUT2D eigenvalue weighted by Gasteiger charge is -2.09. The predicted molar refractivity (Wildman–Crippen MR) is 90.2 cm³/mol. The van der Waals surface area contributed by atoms with E-state index in [1.165, 1.54) is 0 Å². The molecule has 0 spiro atoms. The monoisotopic (exact) mass is 377 g/mol. The van der Waals surface area contributed by atoms with Gasteiger partial charge in [0, 0.05) is 17.1 Å². The van der Waals surface area contributed by atoms with Crippen molar-refractivity contribution in [1.29, 1.82) is 0 Å². The topological polar surface area (TPSA) is 59.4 Å². The Kier molecular flexibility index (Phi) is 4.56. The molecule has 3 rings (SSSR count). The smallest absolute Gasteiger partial charge is 0.199 e. The van der Waals surface area contributed by atoms with Crippen molar-refractivity contribution in [3.05, 3.63) is 46.3 Å². The van der Waals surface area contributed by atoms with E-state index in [-0.39, 0.29) is 12.6 Å². The summed E-state index contributed by atoms with van der Waals surface area (Å²) >= 11 is 3.50. The summed E-state index contributed by atoms with van der Waals surface area (Å²) < 4.78 is 15.7. The van der Waals surface area contributed by atoms with E-state index in [0.717, 1.165) is 27.2 Å². The van der Waals surface area contributed by atoms with Gasteiger partial charge in [-0.2, -0.15) is 5.10 Å². The molecule has 23 heavy (non-hydrogen) atoms. The highest BCUT2D eigenvalue weighted by atomic mass is 79.9. The number of benzene rings is 1. The van der Waals surface area contributed by atoms with Crippen LogP contribution < -0.4 is 0 Å². The van der Waals surface area contributed by atoms with Crippen molar-refractivity contribution in [3.8, 4) is 17.2 Å². The van der Waals surface area contributed by atoms with E-state index in [1.54, 1.807) is 10.9 Å². The Labute approximate surface area is 142 Å². The van der Waals surface area contributed by atoms with E-state index in [9.17, 15) is 4.39 Å². The lowest BCUT2D eigenvalue weighted by atomic mass is 10.1. The van der Waals surface area contributed by atoms with Gasteiger partial charge in [0.25, 0.3) is 0 Å². The quantitative estimate of drug-likeness (QED) is 0.733. The fraction of sp³-hybridized carbons (Fsp3) is 0.312. The van der Waals surface area contributed by atoms with Crippen LogP contribution in [0.2, 0.25) is 0 Å². The first kappa shape index (κ1) is 15.9. The number of H-pyrrole nitrogens is 1. The van der Waals surface area contributed by atoms with Gasteiger partial charge in [-0.1, -0.05) is 22.9 Å². The lowest BCUT2D eigenvalue weighted by molar-refractivity contribution is 0.375. The maximum absolute atomic E-state index is 12.9. The average molecular weight is 378 g/mol. The van der Waals surface area contributed by atoms with Crippen molar-refractivity contribution in [1.82, 2.24) is 25.0 Å². The summed E-state index contributed by atoms with van der Waals surface area (Å²) in [6.45, 7) is 3.50. The van der Waals surface area contributed by atoms with Crippen LogP contribution in [0.3, 0.4) is 0 Å². The van der Waals surface area contributed by atoms with E-state index in [4.69, 9.17) is 0 Å². The SMILES string of the molecule is Cc1cc(-n2nc(-c3ccn[nH]3)nc2CC(C)CF)ccc1Br. The molecule has 120 valence electrons. The molecule has 0 saturated heterocycles. The summed E-state index contributed by atoms with van der Waals surface area (Å²) in [5.74, 6) is 1.19. The molecular weight excluding hydrogens is 361 g/mol. The Hall–Kier alpha value is -2.02. The zero-order valence-corrected chi connectivity index (χ0v) is 14.5. The zero-order chi connectivity index (χ0) is 16.4. The number of alkyl halides is 1. The third-order valence-corrected chi connectivity index (χ3v) is 4.49. The summed E-state index contributed by atoms with van der Waals surface area (Å²) in [6.07, 6.45) is 2.18. The molecule has 5 nitrogen and oxygen atoms in total. The average Bonchev–Trinajstić information content (AvgIpc) is 3.19. The second kappa shape index (κ2) is 6.62. The van der Waals surface area contributed by atoms with Crippen molar-refractivity contribution in [2.24, 2.45) is 5.92 Å². The second-order valence-electron chi connectivity index (χ2n) is 5.63. The van der Waals surface area contributed by atoms with Crippen molar-refractivity contribution in [2.75, 3.05) is 6.67 Å². The van der Waals surface area contributed by atoms with Gasteiger partial charge in [-0.15, -0.1) is 5.10 Å². The van der Waals surface area contributed by atoms with E-state index < -0.39 is 0 Å². The van der Waals surface area contributed by atoms with Crippen LogP contribution in [-0.4, -0.2) is 31.6 Å². The van der Waals surface area contributed by atoms with Crippen LogP contribution in [0.4, 0.5) is 4.39 Å². The number of aryl methyl sites for hydroxylation is 1. The molecule has 1 N–H and O–H groups in total. The summed E-state index contributed by atoms with van der Waals surface area (Å²) in [5, 5.41) is 11.4. The molecule has 0 amide bonds. The van der Waals surface area contributed by atoms with Crippen LogP contribution in [0.15, 0.2) is 34.9 Å². The van der Waals surface area contributed by atoms with Gasteiger partial charge < -0.3 is 0 Å². The molecule has 0 aliphatic heterocycles. The molecule has 0 radical (unpaired) electrons. The fourth-order valence-electron chi connectivity index (χ4n) is 2.30. The summed E-state index contributed by atoms with van der Waals surface area (Å²) in [7, 11) is 0. The van der Waals surface area contributed by atoms with Gasteiger partial charge in [0.2, 0.25) is 0 Å². The number of hydrogen-bond acceptors (Lipinski definition) is 3. The molecule has 0 aliphatic rings. The molecule has 1 atom stereocenters. The molecule has 7 heteroatoms. The maximum Gasteiger partial charge on any atom is 0.199 e. The number of aromatic amines is 1. The predicted octanol–water partition coefficient (Wildman–Crippen LogP) is 3.88. The molecule has 2 aromatic heterocycles. The molecule has 1 unspecified atom stereocenters. The number of halogens is 2. The van der Waals surface area contributed by atoms with Crippen molar-refractivity contribution in [3.63, 3.8) is 0 Å². The summed E-state index contributed by atoms with van der Waals surface area (Å²) in [4.78, 5) is 4.57. The Morgan fingerprint density at radius 1 is 1.35 bits per heavy atom. The highest BCUT2D eigenvalue weighted by molar-refractivity contribution is 9.10. The van der Waals surface area contributed by atoms with E-state index >= 15 is 0 Å². The molecular formula is C16H17BrFN5. The van der Waals surface area contributed by atoms with Gasteiger partial charge in [-0.3, -0.25) is 9.49 Å². The number of hydrogen-bond donors (Lipinski definition) is 1. The van der Waals surface area contributed by atoms with Crippen LogP contribution in [-0.2, 0) is 6.42 Å². The molecule has 0 aliphatic carbocycles. The molecule has 2 heterocycles. The minimum atomic E-state index is -0.383. The number of nitrogens with zero attached hydrogens (tertiary/aromatic N) is 4. The van der Waals surface area contributed by atoms with Crippen molar-refractivity contribution in [2.45, 2.75) is 20.3 Å². The Bertz CT molecular complexity index is 797. The van der Waals surface area contributed by atoms with Crippen LogP contribution in [0, 0.1) is 12.8 Å². The number of nitrogens with one attached hydrogen (secondary N) is 1. The van der Waals surface area contributed by atoms with Gasteiger partial charge in [0.15, 0.2) is 5.82 Å². The second-order valence-corrected chi connectivity index (χ2v) is 6.49. The Morgan fingerprint density at radius 3 is 2.83 bits per heavy atom. The number of rotatable bonds is 5. The number of aromatic nitrogens is 5. The largest absolute Gasteiger partial charge is 0.275 e. The van der Waals surface area contributed by atoms with Crippen LogP contribution in [0.5, 0.6) is 0 Å². The van der Waals surface area contributed by atoms with Crippen LogP contribution in [0.25, 0.3) is 17.2 Å². The molecule has 0 fully saturated rings. The minimum Gasteiger partial charge on any atom is -0.275 e. The molecule has 1 aromatic carbocycles. The fourth-order valence-corrected chi connectivity index (χ4v) is 2.55. The van der Waals surface area contributed by atoms with Gasteiger partial charge in [0.05, 0.1) is 12.4 Å². The first-order valence-corrected chi connectivity index (χ1v) is 8.16.